The van der Waals surface area contributed by atoms with E-state index >= 15 is 0 Å². The number of esters is 1. The lowest BCUT2D eigenvalue weighted by Gasteiger charge is -2.24. The fourth-order valence-electron chi connectivity index (χ4n) is 1.52. The molecular weight excluding hydrogens is 220 g/mol. The van der Waals surface area contributed by atoms with Crippen LogP contribution in [0.4, 0.5) is 0 Å². The van der Waals surface area contributed by atoms with E-state index in [9.17, 15) is 9.59 Å². The Balaban J connectivity index is 4.20. The van der Waals surface area contributed by atoms with Gasteiger partial charge in [-0.25, -0.2) is 0 Å². The molecule has 1 N–H and O–H groups in total. The van der Waals surface area contributed by atoms with Gasteiger partial charge in [0.25, 0.3) is 0 Å². The summed E-state index contributed by atoms with van der Waals surface area (Å²) >= 11 is 0. The van der Waals surface area contributed by atoms with Crippen LogP contribution in [0.15, 0.2) is 0 Å². The predicted octanol–water partition coefficient (Wildman–Crippen LogP) is 2.71. The van der Waals surface area contributed by atoms with Crippen LogP contribution in [-0.2, 0) is 14.3 Å². The minimum atomic E-state index is -0.881. The Labute approximate surface area is 103 Å². The van der Waals surface area contributed by atoms with Gasteiger partial charge in [0.15, 0.2) is 0 Å². The quantitative estimate of drug-likeness (QED) is 0.699. The maximum Gasteiger partial charge on any atom is 0.311 e. The molecule has 1 unspecified atom stereocenters. The second-order valence-corrected chi connectivity index (χ2v) is 5.65. The molecule has 0 aliphatic rings. The van der Waals surface area contributed by atoms with Gasteiger partial charge in [-0.3, -0.25) is 9.59 Å². The monoisotopic (exact) mass is 244 g/mol. The topological polar surface area (TPSA) is 63.6 Å². The van der Waals surface area contributed by atoms with Crippen molar-refractivity contribution in [1.29, 1.82) is 0 Å². The van der Waals surface area contributed by atoms with Gasteiger partial charge in [0.2, 0.25) is 0 Å². The second kappa shape index (κ2) is 6.62. The molecule has 100 valence electrons. The molecule has 17 heavy (non-hydrogen) atoms. The molecule has 0 radical (unpaired) electrons. The Morgan fingerprint density at radius 2 is 1.76 bits per heavy atom. The number of carboxylic acids is 1. The van der Waals surface area contributed by atoms with Gasteiger partial charge >= 0.3 is 11.9 Å². The Hall–Kier alpha value is -1.06. The largest absolute Gasteiger partial charge is 0.481 e. The minimum absolute atomic E-state index is 0.294. The van der Waals surface area contributed by atoms with Crippen molar-refractivity contribution in [3.8, 4) is 0 Å². The van der Waals surface area contributed by atoms with Crippen LogP contribution in [-0.4, -0.2) is 23.7 Å². The number of aliphatic carboxylic acids is 1. The molecule has 0 heterocycles. The van der Waals surface area contributed by atoms with E-state index in [0.29, 0.717) is 18.9 Å². The third kappa shape index (κ3) is 6.29. The van der Waals surface area contributed by atoms with E-state index in [-0.39, 0.29) is 5.97 Å². The van der Waals surface area contributed by atoms with Crippen LogP contribution in [0.25, 0.3) is 0 Å². The molecule has 4 heteroatoms. The molecule has 0 rings (SSSR count). The number of hydrogen-bond donors (Lipinski definition) is 1. The number of carbonyl (C=O) groups is 2. The summed E-state index contributed by atoms with van der Waals surface area (Å²) in [6.45, 7) is 9.58. The van der Waals surface area contributed by atoms with Crippen LogP contribution in [0.3, 0.4) is 0 Å². The fourth-order valence-corrected chi connectivity index (χ4v) is 1.52. The lowest BCUT2D eigenvalue weighted by Crippen LogP contribution is -2.31. The third-order valence-corrected chi connectivity index (χ3v) is 2.72. The van der Waals surface area contributed by atoms with Crippen LogP contribution in [0.5, 0.6) is 0 Å². The van der Waals surface area contributed by atoms with E-state index in [0.717, 1.165) is 6.42 Å². The summed E-state index contributed by atoms with van der Waals surface area (Å²) in [5.41, 5.74) is -0.741. The molecule has 0 saturated heterocycles. The second-order valence-electron chi connectivity index (χ2n) is 5.65. The number of carboxylic acid groups (broad SMARTS) is 1. The number of rotatable bonds is 7. The van der Waals surface area contributed by atoms with Gasteiger partial charge in [-0.1, -0.05) is 20.8 Å². The normalized spacial score (nSPS) is 13.5. The summed E-state index contributed by atoms with van der Waals surface area (Å²) in [4.78, 5) is 22.5. The summed E-state index contributed by atoms with van der Waals surface area (Å²) < 4.78 is 5.17. The van der Waals surface area contributed by atoms with Crippen LogP contribution in [0.1, 0.15) is 47.5 Å². The van der Waals surface area contributed by atoms with Crippen molar-refractivity contribution in [2.24, 2.45) is 17.3 Å². The molecule has 0 aromatic carbocycles. The smallest absolute Gasteiger partial charge is 0.311 e. The molecule has 1 atom stereocenters. The van der Waals surface area contributed by atoms with E-state index in [1.54, 1.807) is 20.8 Å². The molecule has 4 nitrogen and oxygen atoms in total. The lowest BCUT2D eigenvalue weighted by molar-refractivity contribution is -0.156. The molecule has 0 bridgehead atoms. The molecule has 0 aliphatic carbocycles. The number of ether oxygens (including phenoxy) is 1. The molecule has 0 spiro atoms. The highest BCUT2D eigenvalue weighted by Crippen LogP contribution is 2.27. The first-order chi connectivity index (χ1) is 7.66. The maximum absolute atomic E-state index is 11.8. The molecular formula is C13H24O4. The average molecular weight is 244 g/mol. The number of carbonyl (C=O) groups excluding carboxylic acids is 1. The van der Waals surface area contributed by atoms with Gasteiger partial charge in [0.1, 0.15) is 0 Å². The van der Waals surface area contributed by atoms with Crippen molar-refractivity contribution in [3.63, 3.8) is 0 Å². The highest BCUT2D eigenvalue weighted by molar-refractivity contribution is 5.77. The molecule has 0 saturated carbocycles. The van der Waals surface area contributed by atoms with E-state index in [1.165, 1.54) is 0 Å². The molecule has 0 aliphatic heterocycles. The maximum atomic E-state index is 11.8. The summed E-state index contributed by atoms with van der Waals surface area (Å²) in [6, 6.07) is 0. The molecule has 0 aromatic heterocycles. The van der Waals surface area contributed by atoms with E-state index in [4.69, 9.17) is 9.84 Å². The van der Waals surface area contributed by atoms with Gasteiger partial charge in [-0.05, 0) is 32.6 Å². The lowest BCUT2D eigenvalue weighted by atomic mass is 9.83. The van der Waals surface area contributed by atoms with Crippen molar-refractivity contribution in [3.05, 3.63) is 0 Å². The molecule has 0 aromatic rings. The number of hydrogen-bond acceptors (Lipinski definition) is 3. The average Bonchev–Trinajstić information content (AvgIpc) is 2.15. The zero-order chi connectivity index (χ0) is 13.6. The van der Waals surface area contributed by atoms with Crippen molar-refractivity contribution in [2.75, 3.05) is 6.61 Å². The van der Waals surface area contributed by atoms with Gasteiger partial charge in [-0.15, -0.1) is 0 Å². The zero-order valence-electron chi connectivity index (χ0n) is 11.4. The van der Waals surface area contributed by atoms with Gasteiger partial charge in [0.05, 0.1) is 17.9 Å². The van der Waals surface area contributed by atoms with Crippen molar-refractivity contribution in [1.82, 2.24) is 0 Å². The van der Waals surface area contributed by atoms with E-state index < -0.39 is 17.3 Å². The fraction of sp³-hybridized carbons (Fsp3) is 0.846. The van der Waals surface area contributed by atoms with Crippen molar-refractivity contribution in [2.45, 2.75) is 47.5 Å². The first-order valence-corrected chi connectivity index (χ1v) is 6.07. The van der Waals surface area contributed by atoms with Gasteiger partial charge in [0, 0.05) is 0 Å². The first kappa shape index (κ1) is 15.9. The Morgan fingerprint density at radius 3 is 2.18 bits per heavy atom. The van der Waals surface area contributed by atoms with E-state index in [1.807, 2.05) is 0 Å². The Bertz CT molecular complexity index is 269. The minimum Gasteiger partial charge on any atom is -0.481 e. The molecule has 0 amide bonds. The SMILES string of the molecule is CC(C)CCOC(=O)C(C)(C)CC(C)C(=O)O. The predicted molar refractivity (Wildman–Crippen MR) is 65.6 cm³/mol. The van der Waals surface area contributed by atoms with Crippen LogP contribution < -0.4 is 0 Å². The van der Waals surface area contributed by atoms with Gasteiger partial charge in [-0.2, -0.15) is 0 Å². The van der Waals surface area contributed by atoms with Crippen LogP contribution in [0.2, 0.25) is 0 Å². The third-order valence-electron chi connectivity index (χ3n) is 2.72. The van der Waals surface area contributed by atoms with Crippen LogP contribution in [0, 0.1) is 17.3 Å². The van der Waals surface area contributed by atoms with Gasteiger partial charge < -0.3 is 9.84 Å². The van der Waals surface area contributed by atoms with Crippen molar-refractivity contribution >= 4 is 11.9 Å². The summed E-state index contributed by atoms with van der Waals surface area (Å²) in [6.07, 6.45) is 1.12. The van der Waals surface area contributed by atoms with E-state index in [2.05, 4.69) is 13.8 Å². The van der Waals surface area contributed by atoms with Crippen LogP contribution >= 0.6 is 0 Å². The zero-order valence-corrected chi connectivity index (χ0v) is 11.4. The summed E-state index contributed by atoms with van der Waals surface area (Å²) in [5, 5.41) is 8.82. The highest BCUT2D eigenvalue weighted by atomic mass is 16.5. The molecule has 0 fully saturated rings. The Morgan fingerprint density at radius 1 is 1.24 bits per heavy atom. The Kier molecular flexibility index (Phi) is 6.21. The van der Waals surface area contributed by atoms with Crippen molar-refractivity contribution < 1.29 is 19.4 Å². The summed E-state index contributed by atoms with van der Waals surface area (Å²) in [5.74, 6) is -1.24. The highest BCUT2D eigenvalue weighted by Gasteiger charge is 2.33. The first-order valence-electron chi connectivity index (χ1n) is 6.07. The standard InChI is InChI=1S/C13H24O4/c1-9(2)6-7-17-12(16)13(4,5)8-10(3)11(14)15/h9-10H,6-8H2,1-5H3,(H,14,15). The summed E-state index contributed by atoms with van der Waals surface area (Å²) in [7, 11) is 0.